The first-order chi connectivity index (χ1) is 8.74. The molecule has 6 nitrogen and oxygen atoms in total. The summed E-state index contributed by atoms with van der Waals surface area (Å²) in [5, 5.41) is 0. The lowest BCUT2D eigenvalue weighted by atomic mass is 9.98. The third-order valence-corrected chi connectivity index (χ3v) is 3.08. The average molecular weight is 250 g/mol. The van der Waals surface area contributed by atoms with Crippen LogP contribution in [-0.2, 0) is 4.79 Å². The third-order valence-electron chi connectivity index (χ3n) is 3.08. The summed E-state index contributed by atoms with van der Waals surface area (Å²) in [5.41, 5.74) is 5.17. The van der Waals surface area contributed by atoms with Gasteiger partial charge in [0.2, 0.25) is 5.91 Å². The van der Waals surface area contributed by atoms with E-state index in [1.165, 1.54) is 0 Å². The highest BCUT2D eigenvalue weighted by Gasteiger charge is 2.20. The van der Waals surface area contributed by atoms with E-state index in [-0.39, 0.29) is 5.91 Å². The number of rotatable bonds is 5. The van der Waals surface area contributed by atoms with Crippen LogP contribution in [0.2, 0.25) is 0 Å². The number of likely N-dealkylation sites (tertiary alicyclic amines) is 1. The Hall–Kier alpha value is -1.69. The molecule has 2 rings (SSSR count). The molecule has 2 N–H and O–H groups in total. The maximum Gasteiger partial charge on any atom is 0.316 e. The fourth-order valence-corrected chi connectivity index (χ4v) is 2.08. The van der Waals surface area contributed by atoms with Gasteiger partial charge in [0, 0.05) is 12.4 Å². The molecule has 1 aromatic heterocycles. The number of ether oxygens (including phenoxy) is 1. The van der Waals surface area contributed by atoms with Crippen molar-refractivity contribution in [3.05, 3.63) is 18.5 Å². The summed E-state index contributed by atoms with van der Waals surface area (Å²) in [6.07, 6.45) is 5.36. The molecule has 1 aromatic rings. The molecule has 2 heterocycles. The van der Waals surface area contributed by atoms with E-state index in [2.05, 4.69) is 14.9 Å². The second-order valence-corrected chi connectivity index (χ2v) is 4.53. The molecule has 1 saturated heterocycles. The van der Waals surface area contributed by atoms with Gasteiger partial charge in [-0.15, -0.1) is 0 Å². The van der Waals surface area contributed by atoms with E-state index in [0.29, 0.717) is 25.1 Å². The van der Waals surface area contributed by atoms with Crippen molar-refractivity contribution >= 4 is 5.91 Å². The van der Waals surface area contributed by atoms with Crippen LogP contribution in [0.5, 0.6) is 6.01 Å². The Morgan fingerprint density at radius 3 is 2.67 bits per heavy atom. The van der Waals surface area contributed by atoms with Crippen LogP contribution in [0.4, 0.5) is 0 Å². The van der Waals surface area contributed by atoms with Crippen molar-refractivity contribution in [1.29, 1.82) is 0 Å². The molecular weight excluding hydrogens is 232 g/mol. The molecule has 0 unspecified atom stereocenters. The summed E-state index contributed by atoms with van der Waals surface area (Å²) in [5.74, 6) is 0.236. The highest BCUT2D eigenvalue weighted by molar-refractivity contribution is 5.75. The molecule has 98 valence electrons. The number of carbonyl (C=O) groups is 1. The van der Waals surface area contributed by atoms with Gasteiger partial charge >= 0.3 is 6.01 Å². The first-order valence-corrected chi connectivity index (χ1v) is 6.14. The SMILES string of the molecule is NC(=O)CN1CCC(COc2ncccn2)CC1. The number of aromatic nitrogens is 2. The Kier molecular flexibility index (Phi) is 4.46. The van der Waals surface area contributed by atoms with E-state index in [1.54, 1.807) is 18.5 Å². The molecule has 0 spiro atoms. The number of carbonyl (C=O) groups excluding carboxylic acids is 1. The predicted molar refractivity (Wildman–Crippen MR) is 65.9 cm³/mol. The Bertz CT molecular complexity index is 377. The summed E-state index contributed by atoms with van der Waals surface area (Å²) in [6.45, 7) is 2.78. The van der Waals surface area contributed by atoms with E-state index < -0.39 is 0 Å². The Morgan fingerprint density at radius 2 is 2.06 bits per heavy atom. The zero-order valence-corrected chi connectivity index (χ0v) is 10.3. The summed E-state index contributed by atoms with van der Waals surface area (Å²) >= 11 is 0. The molecule has 1 fully saturated rings. The van der Waals surface area contributed by atoms with Crippen molar-refractivity contribution in [2.24, 2.45) is 11.7 Å². The lowest BCUT2D eigenvalue weighted by Crippen LogP contribution is -2.40. The van der Waals surface area contributed by atoms with Crippen molar-refractivity contribution in [2.45, 2.75) is 12.8 Å². The van der Waals surface area contributed by atoms with Gasteiger partial charge in [0.25, 0.3) is 0 Å². The summed E-state index contributed by atoms with van der Waals surface area (Å²) in [7, 11) is 0. The third kappa shape index (κ3) is 3.96. The van der Waals surface area contributed by atoms with E-state index in [9.17, 15) is 4.79 Å². The first-order valence-electron chi connectivity index (χ1n) is 6.14. The summed E-state index contributed by atoms with van der Waals surface area (Å²) < 4.78 is 5.53. The minimum Gasteiger partial charge on any atom is -0.463 e. The molecule has 1 amide bonds. The minimum absolute atomic E-state index is 0.262. The Balaban J connectivity index is 1.69. The number of primary amides is 1. The molecule has 1 aliphatic heterocycles. The van der Waals surface area contributed by atoms with Gasteiger partial charge in [0.1, 0.15) is 0 Å². The topological polar surface area (TPSA) is 81.3 Å². The summed E-state index contributed by atoms with van der Waals surface area (Å²) in [4.78, 5) is 20.9. The molecular formula is C12H18N4O2. The van der Waals surface area contributed by atoms with Crippen molar-refractivity contribution in [3.8, 4) is 6.01 Å². The van der Waals surface area contributed by atoms with Gasteiger partial charge in [-0.25, -0.2) is 9.97 Å². The van der Waals surface area contributed by atoms with Crippen LogP contribution in [0, 0.1) is 5.92 Å². The summed E-state index contributed by atoms with van der Waals surface area (Å²) in [6, 6.07) is 2.19. The molecule has 6 heteroatoms. The first kappa shape index (κ1) is 12.8. The second kappa shape index (κ2) is 6.30. The number of amides is 1. The highest BCUT2D eigenvalue weighted by Crippen LogP contribution is 2.17. The number of nitrogens with two attached hydrogens (primary N) is 1. The average Bonchev–Trinajstić information content (AvgIpc) is 2.38. The van der Waals surface area contributed by atoms with Crippen LogP contribution in [-0.4, -0.2) is 47.0 Å². The molecule has 0 radical (unpaired) electrons. The molecule has 0 atom stereocenters. The lowest BCUT2D eigenvalue weighted by molar-refractivity contribution is -0.119. The highest BCUT2D eigenvalue weighted by atomic mass is 16.5. The maximum atomic E-state index is 10.8. The minimum atomic E-state index is -0.262. The Labute approximate surface area is 106 Å². The second-order valence-electron chi connectivity index (χ2n) is 4.53. The lowest BCUT2D eigenvalue weighted by Gasteiger charge is -2.30. The quantitative estimate of drug-likeness (QED) is 0.798. The molecule has 0 aliphatic carbocycles. The fraction of sp³-hybridized carbons (Fsp3) is 0.583. The van der Waals surface area contributed by atoms with Crippen molar-refractivity contribution in [1.82, 2.24) is 14.9 Å². The van der Waals surface area contributed by atoms with Crippen molar-refractivity contribution in [3.63, 3.8) is 0 Å². The van der Waals surface area contributed by atoms with Gasteiger partial charge in [0.05, 0.1) is 13.2 Å². The normalized spacial score (nSPS) is 17.6. The van der Waals surface area contributed by atoms with Crippen molar-refractivity contribution < 1.29 is 9.53 Å². The standard InChI is InChI=1S/C12H18N4O2/c13-11(17)8-16-6-2-10(3-7-16)9-18-12-14-4-1-5-15-12/h1,4-5,10H,2-3,6-9H2,(H2,13,17). The van der Waals surface area contributed by atoms with Gasteiger partial charge in [-0.05, 0) is 37.9 Å². The van der Waals surface area contributed by atoms with Crippen LogP contribution in [0.15, 0.2) is 18.5 Å². The Morgan fingerprint density at radius 1 is 1.39 bits per heavy atom. The van der Waals surface area contributed by atoms with Crippen LogP contribution in [0.25, 0.3) is 0 Å². The van der Waals surface area contributed by atoms with E-state index in [4.69, 9.17) is 10.5 Å². The smallest absolute Gasteiger partial charge is 0.316 e. The monoisotopic (exact) mass is 250 g/mol. The maximum absolute atomic E-state index is 10.8. The molecule has 0 aromatic carbocycles. The van der Waals surface area contributed by atoms with Crippen LogP contribution >= 0.6 is 0 Å². The number of hydrogen-bond donors (Lipinski definition) is 1. The molecule has 18 heavy (non-hydrogen) atoms. The van der Waals surface area contributed by atoms with Gasteiger partial charge in [-0.1, -0.05) is 0 Å². The molecule has 0 bridgehead atoms. The zero-order chi connectivity index (χ0) is 12.8. The van der Waals surface area contributed by atoms with E-state index in [1.807, 2.05) is 0 Å². The van der Waals surface area contributed by atoms with E-state index >= 15 is 0 Å². The number of piperidine rings is 1. The largest absolute Gasteiger partial charge is 0.463 e. The zero-order valence-electron chi connectivity index (χ0n) is 10.3. The number of hydrogen-bond acceptors (Lipinski definition) is 5. The fourth-order valence-electron chi connectivity index (χ4n) is 2.08. The van der Waals surface area contributed by atoms with E-state index in [0.717, 1.165) is 25.9 Å². The van der Waals surface area contributed by atoms with Gasteiger partial charge in [-0.2, -0.15) is 0 Å². The number of nitrogens with zero attached hydrogens (tertiary/aromatic N) is 3. The van der Waals surface area contributed by atoms with Crippen molar-refractivity contribution in [2.75, 3.05) is 26.2 Å². The van der Waals surface area contributed by atoms with Gasteiger partial charge in [-0.3, -0.25) is 9.69 Å². The van der Waals surface area contributed by atoms with Crippen LogP contribution in [0.1, 0.15) is 12.8 Å². The molecule has 1 aliphatic rings. The van der Waals surface area contributed by atoms with Gasteiger partial charge < -0.3 is 10.5 Å². The predicted octanol–water partition coefficient (Wildman–Crippen LogP) is 0.0527. The van der Waals surface area contributed by atoms with Crippen LogP contribution < -0.4 is 10.5 Å². The van der Waals surface area contributed by atoms with Gasteiger partial charge in [0.15, 0.2) is 0 Å². The van der Waals surface area contributed by atoms with Crippen LogP contribution in [0.3, 0.4) is 0 Å². The molecule has 0 saturated carbocycles.